The minimum absolute atomic E-state index is 0.0165. The van der Waals surface area contributed by atoms with Gasteiger partial charge >= 0.3 is 8.80 Å². The highest BCUT2D eigenvalue weighted by molar-refractivity contribution is 6.59. The van der Waals surface area contributed by atoms with E-state index in [0.29, 0.717) is 0 Å². The molecule has 0 atom stereocenters. The van der Waals surface area contributed by atoms with E-state index in [0.717, 1.165) is 0 Å². The summed E-state index contributed by atoms with van der Waals surface area (Å²) in [6, 6.07) is 0. The van der Waals surface area contributed by atoms with Crippen molar-refractivity contribution in [3.63, 3.8) is 0 Å². The second-order valence-corrected chi connectivity index (χ2v) is 7.14. The highest BCUT2D eigenvalue weighted by Crippen LogP contribution is 2.20. The molecular formula is C10H24O4Si. The fourth-order valence-corrected chi connectivity index (χ4v) is 4.16. The molecule has 15 heavy (non-hydrogen) atoms. The first-order chi connectivity index (χ1) is 6.54. The molecule has 0 rings (SSSR count). The van der Waals surface area contributed by atoms with Gasteiger partial charge in [-0.25, -0.2) is 0 Å². The van der Waals surface area contributed by atoms with E-state index in [-0.39, 0.29) is 12.2 Å². The Morgan fingerprint density at radius 1 is 1.00 bits per heavy atom. The van der Waals surface area contributed by atoms with Gasteiger partial charge in [-0.15, -0.1) is 0 Å². The molecule has 0 heterocycles. The molecule has 0 fully saturated rings. The Labute approximate surface area is 93.9 Å². The van der Waals surface area contributed by atoms with E-state index >= 15 is 0 Å². The summed E-state index contributed by atoms with van der Waals surface area (Å²) < 4.78 is 16.8. The Bertz CT molecular complexity index is 176. The van der Waals surface area contributed by atoms with Gasteiger partial charge in [-0.2, -0.15) is 0 Å². The van der Waals surface area contributed by atoms with E-state index in [1.54, 1.807) is 20.4 Å². The quantitative estimate of drug-likeness (QED) is 0.567. The highest BCUT2D eigenvalue weighted by atomic mass is 28.4. The Kier molecular flexibility index (Phi) is 5.43. The van der Waals surface area contributed by atoms with E-state index in [9.17, 15) is 5.11 Å². The zero-order chi connectivity index (χ0) is 12.3. The van der Waals surface area contributed by atoms with Crippen molar-refractivity contribution in [2.75, 3.05) is 0 Å². The molecule has 0 saturated heterocycles. The number of hydrogen-bond acceptors (Lipinski definition) is 4. The molecule has 4 nitrogen and oxygen atoms in total. The summed E-state index contributed by atoms with van der Waals surface area (Å²) in [6.45, 7) is 12.6. The molecule has 92 valence electrons. The molecule has 0 bridgehead atoms. The zero-order valence-electron chi connectivity index (χ0n) is 10.8. The van der Waals surface area contributed by atoms with E-state index in [2.05, 4.69) is 0 Å². The van der Waals surface area contributed by atoms with Gasteiger partial charge in [-0.3, -0.25) is 0 Å². The van der Waals surface area contributed by atoms with Crippen LogP contribution in [0.2, 0.25) is 6.55 Å². The van der Waals surface area contributed by atoms with E-state index in [1.807, 2.05) is 27.7 Å². The maximum absolute atomic E-state index is 9.63. The predicted molar refractivity (Wildman–Crippen MR) is 61.4 cm³/mol. The van der Waals surface area contributed by atoms with Crippen LogP contribution in [0.4, 0.5) is 0 Å². The smallest absolute Gasteiger partial charge is 0.371 e. The molecule has 5 heteroatoms. The van der Waals surface area contributed by atoms with Crippen LogP contribution in [-0.2, 0) is 13.3 Å². The number of rotatable bonds is 6. The van der Waals surface area contributed by atoms with Gasteiger partial charge in [0, 0.05) is 18.8 Å². The van der Waals surface area contributed by atoms with E-state index < -0.39 is 14.6 Å². The fourth-order valence-electron chi connectivity index (χ4n) is 1.39. The summed E-state index contributed by atoms with van der Waals surface area (Å²) in [5.41, 5.74) is 0. The molecule has 0 radical (unpaired) electrons. The maximum atomic E-state index is 9.63. The SMILES string of the molecule is CC(C)O[Si](C)(OC(C)C)OC(C)(C)O. The summed E-state index contributed by atoms with van der Waals surface area (Å²) in [7, 11) is -2.76. The van der Waals surface area contributed by atoms with Crippen LogP contribution in [0.1, 0.15) is 41.5 Å². The molecule has 0 aliphatic carbocycles. The van der Waals surface area contributed by atoms with Gasteiger partial charge in [0.05, 0.1) is 0 Å². The average Bonchev–Trinajstić information content (AvgIpc) is 1.73. The van der Waals surface area contributed by atoms with Crippen LogP contribution in [0.3, 0.4) is 0 Å². The Hall–Kier alpha value is 0.0569. The van der Waals surface area contributed by atoms with Gasteiger partial charge in [0.25, 0.3) is 0 Å². The maximum Gasteiger partial charge on any atom is 0.500 e. The lowest BCUT2D eigenvalue weighted by Gasteiger charge is -2.34. The highest BCUT2D eigenvalue weighted by Gasteiger charge is 2.41. The minimum Gasteiger partial charge on any atom is -0.371 e. The van der Waals surface area contributed by atoms with Crippen LogP contribution in [-0.4, -0.2) is 31.9 Å². The lowest BCUT2D eigenvalue weighted by molar-refractivity contribution is -0.152. The first kappa shape index (κ1) is 15.1. The monoisotopic (exact) mass is 236 g/mol. The average molecular weight is 236 g/mol. The lowest BCUT2D eigenvalue weighted by atomic mass is 10.4. The molecule has 0 aliphatic rings. The summed E-state index contributed by atoms with van der Waals surface area (Å²) in [4.78, 5) is 0. The lowest BCUT2D eigenvalue weighted by Crippen LogP contribution is -2.51. The molecule has 1 N–H and O–H groups in total. The summed E-state index contributed by atoms with van der Waals surface area (Å²) >= 11 is 0. The summed E-state index contributed by atoms with van der Waals surface area (Å²) in [5.74, 6) is -1.23. The van der Waals surface area contributed by atoms with Gasteiger partial charge < -0.3 is 18.4 Å². The van der Waals surface area contributed by atoms with E-state index in [1.165, 1.54) is 0 Å². The fraction of sp³-hybridized carbons (Fsp3) is 1.00. The van der Waals surface area contributed by atoms with Crippen LogP contribution >= 0.6 is 0 Å². The molecular weight excluding hydrogens is 212 g/mol. The van der Waals surface area contributed by atoms with Crippen molar-refractivity contribution < 1.29 is 18.4 Å². The van der Waals surface area contributed by atoms with Crippen molar-refractivity contribution in [3.8, 4) is 0 Å². The number of aliphatic hydroxyl groups is 1. The van der Waals surface area contributed by atoms with Crippen molar-refractivity contribution in [3.05, 3.63) is 0 Å². The third kappa shape index (κ3) is 7.93. The van der Waals surface area contributed by atoms with Crippen LogP contribution < -0.4 is 0 Å². The topological polar surface area (TPSA) is 47.9 Å². The van der Waals surface area contributed by atoms with Gasteiger partial charge in [0.1, 0.15) is 0 Å². The molecule has 0 spiro atoms. The second kappa shape index (κ2) is 5.40. The molecule has 0 unspecified atom stereocenters. The minimum atomic E-state index is -2.76. The predicted octanol–water partition coefficient (Wildman–Crippen LogP) is 2.15. The molecule has 0 aromatic rings. The third-order valence-electron chi connectivity index (χ3n) is 1.33. The molecule has 0 saturated carbocycles. The van der Waals surface area contributed by atoms with Gasteiger partial charge in [0.15, 0.2) is 5.79 Å². The van der Waals surface area contributed by atoms with Crippen LogP contribution in [0.5, 0.6) is 0 Å². The molecule has 0 aliphatic heterocycles. The Morgan fingerprint density at radius 3 is 1.53 bits per heavy atom. The van der Waals surface area contributed by atoms with Crippen molar-refractivity contribution in [2.24, 2.45) is 0 Å². The molecule has 0 aromatic carbocycles. The number of hydrogen-bond donors (Lipinski definition) is 1. The normalized spacial score (nSPS) is 14.0. The standard InChI is InChI=1S/C10H24O4Si/c1-8(2)12-15(7,13-9(3)4)14-10(5,6)11/h8-9,11H,1-7H3. The second-order valence-electron chi connectivity index (χ2n) is 4.74. The Balaban J connectivity index is 4.54. The van der Waals surface area contributed by atoms with Crippen LogP contribution in [0.25, 0.3) is 0 Å². The first-order valence-electron chi connectivity index (χ1n) is 5.32. The molecule has 0 aromatic heterocycles. The van der Waals surface area contributed by atoms with Crippen LogP contribution in [0.15, 0.2) is 0 Å². The van der Waals surface area contributed by atoms with Crippen LogP contribution in [0, 0.1) is 0 Å². The molecule has 0 amide bonds. The van der Waals surface area contributed by atoms with Crippen molar-refractivity contribution >= 4 is 8.80 Å². The van der Waals surface area contributed by atoms with Gasteiger partial charge in [-0.1, -0.05) is 0 Å². The van der Waals surface area contributed by atoms with Gasteiger partial charge in [0.2, 0.25) is 0 Å². The largest absolute Gasteiger partial charge is 0.500 e. The Morgan fingerprint density at radius 2 is 1.33 bits per heavy atom. The van der Waals surface area contributed by atoms with Crippen molar-refractivity contribution in [1.29, 1.82) is 0 Å². The zero-order valence-corrected chi connectivity index (χ0v) is 11.8. The summed E-state index contributed by atoms with van der Waals surface area (Å²) in [6.07, 6.45) is 0.0329. The van der Waals surface area contributed by atoms with Crippen molar-refractivity contribution in [2.45, 2.75) is 66.1 Å². The first-order valence-corrected chi connectivity index (χ1v) is 7.55. The summed E-state index contributed by atoms with van der Waals surface area (Å²) in [5, 5.41) is 9.63. The third-order valence-corrected chi connectivity index (χ3v) is 4.00. The van der Waals surface area contributed by atoms with E-state index in [4.69, 9.17) is 13.3 Å². The van der Waals surface area contributed by atoms with Crippen molar-refractivity contribution in [1.82, 2.24) is 0 Å². The van der Waals surface area contributed by atoms with Gasteiger partial charge in [-0.05, 0) is 41.5 Å².